The molecule has 0 bridgehead atoms. The second-order valence-corrected chi connectivity index (χ2v) is 19.8. The number of esters is 1. The van der Waals surface area contributed by atoms with Crippen molar-refractivity contribution in [3.8, 4) is 0 Å². The Balaban J connectivity index is 0. The summed E-state index contributed by atoms with van der Waals surface area (Å²) in [6.07, 6.45) is 55.3. The van der Waals surface area contributed by atoms with E-state index in [-0.39, 0.29) is 12.4 Å². The van der Waals surface area contributed by atoms with Gasteiger partial charge in [-0.3, -0.25) is 9.69 Å². The predicted molar refractivity (Wildman–Crippen MR) is 277 cm³/mol. The molecule has 2 unspecified atom stereocenters. The van der Waals surface area contributed by atoms with E-state index in [1.54, 1.807) is 11.8 Å². The first-order valence-electron chi connectivity index (χ1n) is 26.9. The zero-order valence-corrected chi connectivity index (χ0v) is 43.7. The van der Waals surface area contributed by atoms with Gasteiger partial charge in [0.05, 0.1) is 18.6 Å². The Kier molecular flexibility index (Phi) is 53.1. The van der Waals surface area contributed by atoms with Crippen LogP contribution in [0.15, 0.2) is 24.3 Å². The van der Waals surface area contributed by atoms with Gasteiger partial charge in [-0.05, 0) is 129 Å². The van der Waals surface area contributed by atoms with Crippen LogP contribution in [0.25, 0.3) is 0 Å². The molecule has 1 heterocycles. The summed E-state index contributed by atoms with van der Waals surface area (Å²) in [6.45, 7) is 12.2. The molecule has 1 aliphatic rings. The Morgan fingerprint density at radius 1 is 0.619 bits per heavy atom. The molecule has 0 radical (unpaired) electrons. The van der Waals surface area contributed by atoms with Gasteiger partial charge in [0.25, 0.3) is 0 Å². The highest BCUT2D eigenvalue weighted by Gasteiger charge is 2.32. The average molecular weight is 913 g/mol. The molecule has 63 heavy (non-hydrogen) atoms. The number of ether oxygens (including phenoxy) is 2. The zero-order chi connectivity index (χ0) is 46.8. The summed E-state index contributed by atoms with van der Waals surface area (Å²) in [5.74, 6) is -0.236. The molecule has 0 amide bonds. The van der Waals surface area contributed by atoms with Crippen molar-refractivity contribution in [3.63, 3.8) is 0 Å². The topological polar surface area (TPSA) is 99.5 Å². The SMILES string of the molecule is CCCCCCCC/C=C\CCCCCCCCOC(=O)C(C)(C)CC(O)OCCCCCCCC/C=C\CCCCCCCC.CSC.OCCCCCCN1CCCC1CO. The van der Waals surface area contributed by atoms with Crippen molar-refractivity contribution in [1.82, 2.24) is 4.90 Å². The van der Waals surface area contributed by atoms with Gasteiger partial charge < -0.3 is 24.8 Å². The number of unbranched alkanes of at least 4 members (excludes halogenated alkanes) is 27. The second kappa shape index (κ2) is 52.1. The highest BCUT2D eigenvalue weighted by molar-refractivity contribution is 7.97. The molecular weight excluding hydrogens is 803 g/mol. The Morgan fingerprint density at radius 2 is 1.02 bits per heavy atom. The van der Waals surface area contributed by atoms with Gasteiger partial charge in [0.15, 0.2) is 6.29 Å². The van der Waals surface area contributed by atoms with Gasteiger partial charge in [0.2, 0.25) is 0 Å². The van der Waals surface area contributed by atoms with E-state index in [0.29, 0.717) is 32.5 Å². The molecule has 1 aliphatic heterocycles. The normalized spacial score (nSPS) is 14.8. The quantitative estimate of drug-likeness (QED) is 0.0241. The van der Waals surface area contributed by atoms with E-state index in [1.165, 1.54) is 173 Å². The van der Waals surface area contributed by atoms with E-state index in [9.17, 15) is 9.90 Å². The molecular formula is C55H109NO6S. The Bertz CT molecular complexity index is 961. The van der Waals surface area contributed by atoms with E-state index >= 15 is 0 Å². The van der Waals surface area contributed by atoms with Crippen molar-refractivity contribution < 1.29 is 29.6 Å². The van der Waals surface area contributed by atoms with Gasteiger partial charge in [-0.15, -0.1) is 0 Å². The molecule has 2 atom stereocenters. The number of aliphatic hydroxyl groups excluding tert-OH is 3. The average Bonchev–Trinajstić information content (AvgIpc) is 3.73. The summed E-state index contributed by atoms with van der Waals surface area (Å²) < 4.78 is 11.2. The molecule has 0 aromatic rings. The van der Waals surface area contributed by atoms with Crippen molar-refractivity contribution in [2.24, 2.45) is 5.41 Å². The maximum absolute atomic E-state index is 12.6. The minimum Gasteiger partial charge on any atom is -0.465 e. The van der Waals surface area contributed by atoms with Crippen LogP contribution in [0.2, 0.25) is 0 Å². The van der Waals surface area contributed by atoms with E-state index < -0.39 is 11.7 Å². The van der Waals surface area contributed by atoms with Crippen LogP contribution in [0, 0.1) is 5.41 Å². The van der Waals surface area contributed by atoms with Gasteiger partial charge in [0, 0.05) is 25.7 Å². The molecule has 3 N–H and O–H groups in total. The third kappa shape index (κ3) is 47.4. The van der Waals surface area contributed by atoms with Gasteiger partial charge in [-0.2, -0.15) is 11.8 Å². The summed E-state index contributed by atoms with van der Waals surface area (Å²) in [7, 11) is 0. The van der Waals surface area contributed by atoms with Gasteiger partial charge in [0.1, 0.15) is 0 Å². The fraction of sp³-hybridized carbons (Fsp3) is 0.909. The second-order valence-electron chi connectivity index (χ2n) is 19.0. The van der Waals surface area contributed by atoms with Crippen molar-refractivity contribution in [2.45, 2.75) is 265 Å². The molecule has 7 nitrogen and oxygen atoms in total. The first-order chi connectivity index (χ1) is 30.7. The lowest BCUT2D eigenvalue weighted by molar-refractivity contribution is -0.165. The maximum Gasteiger partial charge on any atom is 0.311 e. The van der Waals surface area contributed by atoms with Crippen LogP contribution in [0.1, 0.15) is 252 Å². The van der Waals surface area contributed by atoms with Crippen LogP contribution in [-0.2, 0) is 14.3 Å². The van der Waals surface area contributed by atoms with Crippen LogP contribution in [0.5, 0.6) is 0 Å². The number of aliphatic hydroxyl groups is 3. The van der Waals surface area contributed by atoms with Crippen LogP contribution < -0.4 is 0 Å². The van der Waals surface area contributed by atoms with Crippen LogP contribution >= 0.6 is 11.8 Å². The molecule has 1 rings (SSSR count). The number of hydrogen-bond donors (Lipinski definition) is 3. The molecule has 8 heteroatoms. The number of likely N-dealkylation sites (tertiary alicyclic amines) is 1. The lowest BCUT2D eigenvalue weighted by Gasteiger charge is -2.25. The Labute approximate surface area is 397 Å². The number of carbonyl (C=O) groups is 1. The largest absolute Gasteiger partial charge is 0.465 e. The summed E-state index contributed by atoms with van der Waals surface area (Å²) in [5.41, 5.74) is -0.745. The van der Waals surface area contributed by atoms with E-state index in [0.717, 1.165) is 58.0 Å². The van der Waals surface area contributed by atoms with Crippen molar-refractivity contribution in [2.75, 3.05) is 52.0 Å². The Hall–Kier alpha value is -0.900. The number of hydrogen-bond acceptors (Lipinski definition) is 8. The zero-order valence-electron chi connectivity index (χ0n) is 42.9. The highest BCUT2D eigenvalue weighted by atomic mass is 32.2. The lowest BCUT2D eigenvalue weighted by Crippen LogP contribution is -2.32. The third-order valence-electron chi connectivity index (χ3n) is 12.2. The first kappa shape index (κ1) is 64.2. The highest BCUT2D eigenvalue weighted by Crippen LogP contribution is 2.25. The maximum atomic E-state index is 12.6. The van der Waals surface area contributed by atoms with Crippen LogP contribution in [0.3, 0.4) is 0 Å². The monoisotopic (exact) mass is 912 g/mol. The summed E-state index contributed by atoms with van der Waals surface area (Å²) in [5, 5.41) is 28.1. The number of thioether (sulfide) groups is 1. The first-order valence-corrected chi connectivity index (χ1v) is 28.5. The number of rotatable bonds is 43. The van der Waals surface area contributed by atoms with Crippen molar-refractivity contribution in [3.05, 3.63) is 24.3 Å². The fourth-order valence-electron chi connectivity index (χ4n) is 8.03. The summed E-state index contributed by atoms with van der Waals surface area (Å²) in [4.78, 5) is 15.0. The molecule has 0 aliphatic carbocycles. The lowest BCUT2D eigenvalue weighted by atomic mass is 9.89. The standard InChI is InChI=1S/C42H80O4.C11H23NO2.C2H6S/c1-5-7-9-11-13-15-17-19-21-23-25-27-29-31-33-35-37-45-40(43)39-42(3,4)41(44)46-38-36-34-32-30-28-26-24-22-20-18-16-14-12-10-8-6-2;13-9-4-2-1-3-7-12-8-5-6-11(12)10-14;1-3-2/h19-22,40,43H,5-18,23-39H2,1-4H3;11,13-14H,1-10H2;1-2H3/b21-19-,22-20-;;. The predicted octanol–water partition coefficient (Wildman–Crippen LogP) is 15.3. The van der Waals surface area contributed by atoms with E-state index in [2.05, 4.69) is 43.1 Å². The smallest absolute Gasteiger partial charge is 0.311 e. The minimum atomic E-state index is -0.920. The molecule has 1 saturated heterocycles. The summed E-state index contributed by atoms with van der Waals surface area (Å²) in [6, 6.07) is 0.424. The number of allylic oxidation sites excluding steroid dienone is 4. The molecule has 0 spiro atoms. The number of nitrogens with zero attached hydrogens (tertiary/aromatic N) is 1. The van der Waals surface area contributed by atoms with Gasteiger partial charge in [-0.1, -0.05) is 167 Å². The van der Waals surface area contributed by atoms with Crippen molar-refractivity contribution >= 4 is 17.7 Å². The molecule has 0 aromatic heterocycles. The molecule has 376 valence electrons. The van der Waals surface area contributed by atoms with Gasteiger partial charge in [-0.25, -0.2) is 0 Å². The summed E-state index contributed by atoms with van der Waals surface area (Å²) >= 11 is 1.75. The van der Waals surface area contributed by atoms with Crippen molar-refractivity contribution in [1.29, 1.82) is 0 Å². The van der Waals surface area contributed by atoms with Crippen LogP contribution in [-0.4, -0.2) is 90.5 Å². The molecule has 1 fully saturated rings. The molecule has 0 saturated carbocycles. The number of carbonyl (C=O) groups excluding carboxylic acids is 1. The Morgan fingerprint density at radius 3 is 1.46 bits per heavy atom. The minimum absolute atomic E-state index is 0.236. The van der Waals surface area contributed by atoms with E-state index in [4.69, 9.17) is 19.7 Å². The molecule has 0 aromatic carbocycles. The third-order valence-corrected chi connectivity index (χ3v) is 12.2. The van der Waals surface area contributed by atoms with E-state index in [1.807, 2.05) is 26.4 Å². The fourth-order valence-corrected chi connectivity index (χ4v) is 8.03. The van der Waals surface area contributed by atoms with Crippen LogP contribution in [0.4, 0.5) is 0 Å². The van der Waals surface area contributed by atoms with Gasteiger partial charge >= 0.3 is 5.97 Å².